The first-order valence-corrected chi connectivity index (χ1v) is 10.1. The smallest absolute Gasteiger partial charge is 0.270 e. The van der Waals surface area contributed by atoms with Crippen molar-refractivity contribution in [2.45, 2.75) is 25.1 Å². The maximum Gasteiger partial charge on any atom is 0.270 e. The fourth-order valence-electron chi connectivity index (χ4n) is 3.15. The molecule has 0 spiro atoms. The summed E-state index contributed by atoms with van der Waals surface area (Å²) in [5.41, 5.74) is 2.22. The van der Waals surface area contributed by atoms with Gasteiger partial charge in [0.1, 0.15) is 17.6 Å². The molecule has 0 saturated carbocycles. The summed E-state index contributed by atoms with van der Waals surface area (Å²) in [6.07, 6.45) is 0. The third-order valence-corrected chi connectivity index (χ3v) is 5.81. The van der Waals surface area contributed by atoms with E-state index >= 15 is 0 Å². The van der Waals surface area contributed by atoms with Crippen LogP contribution >= 0.6 is 11.8 Å². The van der Waals surface area contributed by atoms with Gasteiger partial charge in [-0.2, -0.15) is 4.99 Å². The molecule has 2 aliphatic rings. The van der Waals surface area contributed by atoms with Crippen LogP contribution in [0.5, 0.6) is 5.75 Å². The van der Waals surface area contributed by atoms with E-state index in [4.69, 9.17) is 9.73 Å². The average molecular weight is 408 g/mol. The zero-order valence-corrected chi connectivity index (χ0v) is 17.1. The summed E-state index contributed by atoms with van der Waals surface area (Å²) >= 11 is 1.30. The van der Waals surface area contributed by atoms with Gasteiger partial charge in [0.15, 0.2) is 5.17 Å². The number of hydrogen-bond acceptors (Lipinski definition) is 6. The Kier molecular flexibility index (Phi) is 5.10. The minimum atomic E-state index is -0.446. The summed E-state index contributed by atoms with van der Waals surface area (Å²) in [7, 11) is 1.58. The van der Waals surface area contributed by atoms with Crippen LogP contribution < -0.4 is 10.1 Å². The highest BCUT2D eigenvalue weighted by atomic mass is 32.2. The molecule has 2 aliphatic heterocycles. The van der Waals surface area contributed by atoms with Crippen molar-refractivity contribution in [1.29, 1.82) is 0 Å². The number of nitrogens with one attached hydrogen (secondary N) is 1. The number of methoxy groups -OCH3 is 1. The molecule has 0 saturated heterocycles. The van der Waals surface area contributed by atoms with Gasteiger partial charge in [0, 0.05) is 17.3 Å². The van der Waals surface area contributed by atoms with E-state index in [1.165, 1.54) is 11.8 Å². The number of amides is 2. The van der Waals surface area contributed by atoms with Gasteiger partial charge in [-0.15, -0.1) is 0 Å². The van der Waals surface area contributed by atoms with Crippen LogP contribution in [0.15, 0.2) is 58.5 Å². The highest BCUT2D eigenvalue weighted by Crippen LogP contribution is 2.35. The van der Waals surface area contributed by atoms with Gasteiger partial charge < -0.3 is 10.1 Å². The molecule has 1 N–H and O–H groups in total. The molecule has 2 aromatic carbocycles. The lowest BCUT2D eigenvalue weighted by molar-refractivity contribution is -0.119. The Balaban J connectivity index is 1.56. The van der Waals surface area contributed by atoms with E-state index in [-0.39, 0.29) is 11.8 Å². The summed E-state index contributed by atoms with van der Waals surface area (Å²) in [4.78, 5) is 35.7. The van der Waals surface area contributed by atoms with Crippen molar-refractivity contribution in [1.82, 2.24) is 4.90 Å². The van der Waals surface area contributed by atoms with Gasteiger partial charge in [-0.1, -0.05) is 30.0 Å². The fourth-order valence-corrected chi connectivity index (χ4v) is 4.14. The van der Waals surface area contributed by atoms with E-state index in [9.17, 15) is 9.59 Å². The molecule has 2 heterocycles. The SMILES string of the molecule is COc1cccc(NC(=O)C(C)SC2=Nc3ccccc3C3=NC(=O)C(C)N23)c1. The number of amidine groups is 2. The first-order chi connectivity index (χ1) is 14.0. The second-order valence-corrected chi connectivity index (χ2v) is 8.02. The van der Waals surface area contributed by atoms with Crippen LogP contribution in [-0.2, 0) is 9.59 Å². The Bertz CT molecular complexity index is 1050. The van der Waals surface area contributed by atoms with Crippen molar-refractivity contribution in [3.63, 3.8) is 0 Å². The van der Waals surface area contributed by atoms with Crippen LogP contribution in [0.3, 0.4) is 0 Å². The molecule has 2 unspecified atom stereocenters. The number of carbonyl (C=O) groups is 2. The van der Waals surface area contributed by atoms with Gasteiger partial charge in [0.2, 0.25) is 5.91 Å². The van der Waals surface area contributed by atoms with E-state index < -0.39 is 11.3 Å². The number of fused-ring (bicyclic) bond motifs is 3. The lowest BCUT2D eigenvalue weighted by Gasteiger charge is -2.30. The first-order valence-electron chi connectivity index (χ1n) is 9.19. The minimum absolute atomic E-state index is 0.165. The van der Waals surface area contributed by atoms with Gasteiger partial charge in [-0.3, -0.25) is 14.5 Å². The second-order valence-electron chi connectivity index (χ2n) is 6.71. The first kappa shape index (κ1) is 19.2. The Hall–Kier alpha value is -3.13. The van der Waals surface area contributed by atoms with E-state index in [0.29, 0.717) is 22.4 Å². The molecule has 0 aromatic heterocycles. The summed E-state index contributed by atoms with van der Waals surface area (Å²) < 4.78 is 5.19. The van der Waals surface area contributed by atoms with Crippen molar-refractivity contribution >= 4 is 46.0 Å². The predicted molar refractivity (Wildman–Crippen MR) is 115 cm³/mol. The Morgan fingerprint density at radius 1 is 1.21 bits per heavy atom. The molecule has 0 bridgehead atoms. The fraction of sp³-hybridized carbons (Fsp3) is 0.238. The summed E-state index contributed by atoms with van der Waals surface area (Å²) in [6.45, 7) is 3.60. The van der Waals surface area contributed by atoms with Crippen molar-refractivity contribution < 1.29 is 14.3 Å². The second kappa shape index (κ2) is 7.71. The normalized spacial score (nSPS) is 18.4. The van der Waals surface area contributed by atoms with Gasteiger partial charge in [-0.05, 0) is 38.1 Å². The Labute approximate surface area is 172 Å². The molecular formula is C21H20N4O3S. The number of benzene rings is 2. The number of para-hydroxylation sites is 1. The lowest BCUT2D eigenvalue weighted by Crippen LogP contribution is -2.43. The van der Waals surface area contributed by atoms with Crippen LogP contribution in [0, 0.1) is 0 Å². The quantitative estimate of drug-likeness (QED) is 0.838. The molecule has 29 heavy (non-hydrogen) atoms. The molecular weight excluding hydrogens is 388 g/mol. The van der Waals surface area contributed by atoms with E-state index in [0.717, 1.165) is 11.3 Å². The third kappa shape index (κ3) is 3.63. The third-order valence-electron chi connectivity index (χ3n) is 4.74. The standard InChI is InChI=1S/C21H20N4O3S/c1-12-19(26)24-18-16-9-4-5-10-17(16)23-21(25(12)18)29-13(2)20(27)22-14-7-6-8-15(11-14)28-3/h4-13H,1-3H3,(H,22,27). The minimum Gasteiger partial charge on any atom is -0.497 e. The summed E-state index contributed by atoms with van der Waals surface area (Å²) in [5, 5.41) is 3.05. The molecule has 2 amide bonds. The van der Waals surface area contributed by atoms with E-state index in [2.05, 4.69) is 10.3 Å². The topological polar surface area (TPSA) is 83.4 Å². The largest absolute Gasteiger partial charge is 0.497 e. The number of nitrogens with zero attached hydrogens (tertiary/aromatic N) is 3. The molecule has 148 valence electrons. The maximum atomic E-state index is 12.7. The molecule has 2 aromatic rings. The Morgan fingerprint density at radius 3 is 2.79 bits per heavy atom. The monoisotopic (exact) mass is 408 g/mol. The number of hydrogen-bond donors (Lipinski definition) is 1. The average Bonchev–Trinajstić information content (AvgIpc) is 3.03. The van der Waals surface area contributed by atoms with Crippen molar-refractivity contribution in [3.05, 3.63) is 54.1 Å². The molecule has 0 radical (unpaired) electrons. The number of rotatable bonds is 4. The molecule has 0 aliphatic carbocycles. The highest BCUT2D eigenvalue weighted by molar-refractivity contribution is 8.14. The number of aliphatic imine (C=N–C) groups is 2. The molecule has 7 nitrogen and oxygen atoms in total. The molecule has 4 rings (SSSR count). The van der Waals surface area contributed by atoms with E-state index in [1.54, 1.807) is 26.2 Å². The van der Waals surface area contributed by atoms with Crippen LogP contribution in [0.1, 0.15) is 19.4 Å². The summed E-state index contributed by atoms with van der Waals surface area (Å²) in [6, 6.07) is 14.3. The van der Waals surface area contributed by atoms with Gasteiger partial charge in [0.25, 0.3) is 5.91 Å². The molecule has 8 heteroatoms. The van der Waals surface area contributed by atoms with E-state index in [1.807, 2.05) is 48.2 Å². The van der Waals surface area contributed by atoms with Crippen molar-refractivity contribution in [3.8, 4) is 5.75 Å². The van der Waals surface area contributed by atoms with Crippen LogP contribution in [0.25, 0.3) is 0 Å². The van der Waals surface area contributed by atoms with Crippen molar-refractivity contribution in [2.75, 3.05) is 12.4 Å². The predicted octanol–water partition coefficient (Wildman–Crippen LogP) is 3.43. The van der Waals surface area contributed by atoms with Gasteiger partial charge in [0.05, 0.1) is 18.0 Å². The lowest BCUT2D eigenvalue weighted by atomic mass is 10.1. The van der Waals surface area contributed by atoms with Crippen LogP contribution in [0.4, 0.5) is 11.4 Å². The molecule has 0 fully saturated rings. The molecule has 2 atom stereocenters. The number of anilines is 1. The number of ether oxygens (including phenoxy) is 1. The zero-order chi connectivity index (χ0) is 20.5. The maximum absolute atomic E-state index is 12.7. The van der Waals surface area contributed by atoms with Crippen LogP contribution in [0.2, 0.25) is 0 Å². The number of thioether (sulfide) groups is 1. The van der Waals surface area contributed by atoms with Gasteiger partial charge in [-0.25, -0.2) is 4.99 Å². The number of carbonyl (C=O) groups excluding carboxylic acids is 2. The van der Waals surface area contributed by atoms with Crippen molar-refractivity contribution in [2.24, 2.45) is 9.98 Å². The zero-order valence-electron chi connectivity index (χ0n) is 16.2. The van der Waals surface area contributed by atoms with Crippen LogP contribution in [-0.4, -0.2) is 46.1 Å². The highest BCUT2D eigenvalue weighted by Gasteiger charge is 2.40. The Morgan fingerprint density at radius 2 is 2.00 bits per heavy atom. The van der Waals surface area contributed by atoms with Gasteiger partial charge >= 0.3 is 0 Å². The summed E-state index contributed by atoms with van der Waals surface area (Å²) in [5.74, 6) is 0.887.